The van der Waals surface area contributed by atoms with Gasteiger partial charge in [-0.1, -0.05) is 31.2 Å². The van der Waals surface area contributed by atoms with Crippen molar-refractivity contribution in [3.05, 3.63) is 40.7 Å². The Balaban J connectivity index is 2.87. The molecule has 0 aromatic heterocycles. The molecule has 19 heavy (non-hydrogen) atoms. The van der Waals surface area contributed by atoms with Gasteiger partial charge >= 0.3 is 5.69 Å². The Morgan fingerprint density at radius 1 is 1.16 bits per heavy atom. The summed E-state index contributed by atoms with van der Waals surface area (Å²) >= 11 is 0. The number of hydrogen-bond donors (Lipinski definition) is 0. The maximum Gasteiger partial charge on any atom is 0.354 e. The van der Waals surface area contributed by atoms with Gasteiger partial charge < -0.3 is 0 Å². The predicted octanol–water partition coefficient (Wildman–Crippen LogP) is 5.85. The highest BCUT2D eigenvalue weighted by Crippen LogP contribution is 2.57. The Morgan fingerprint density at radius 3 is 2.53 bits per heavy atom. The highest BCUT2D eigenvalue weighted by atomic mass is 32.7. The molecule has 0 aliphatic carbocycles. The Labute approximate surface area is 118 Å². The van der Waals surface area contributed by atoms with E-state index in [0.717, 1.165) is 5.69 Å². The van der Waals surface area contributed by atoms with Gasteiger partial charge in [0.2, 0.25) is 0 Å². The second kappa shape index (κ2) is 5.87. The van der Waals surface area contributed by atoms with Crippen LogP contribution in [-0.2, 0) is 0 Å². The molecule has 1 atom stereocenters. The summed E-state index contributed by atoms with van der Waals surface area (Å²) in [4.78, 5) is 5.72. The van der Waals surface area contributed by atoms with E-state index in [4.69, 9.17) is 0 Å². The van der Waals surface area contributed by atoms with E-state index in [1.54, 1.807) is 0 Å². The molecule has 2 aromatic rings. The van der Waals surface area contributed by atoms with Crippen LogP contribution in [0.15, 0.2) is 35.2 Å². The zero-order valence-corrected chi connectivity index (χ0v) is 13.6. The molecule has 0 fully saturated rings. The van der Waals surface area contributed by atoms with Gasteiger partial charge in [0.1, 0.15) is 4.90 Å². The van der Waals surface area contributed by atoms with E-state index in [2.05, 4.69) is 67.4 Å². The molecule has 0 spiro atoms. The molecule has 3 heteroatoms. The first-order chi connectivity index (χ1) is 9.06. The minimum atomic E-state index is -0.119. The first-order valence-corrected chi connectivity index (χ1v) is 10.4. The van der Waals surface area contributed by atoms with Gasteiger partial charge in [0.05, 0.1) is 6.92 Å². The lowest BCUT2D eigenvalue weighted by molar-refractivity contribution is 1.49. The van der Waals surface area contributed by atoms with E-state index < -0.39 is 0 Å². The Morgan fingerprint density at radius 2 is 1.89 bits per heavy atom. The zero-order valence-electron chi connectivity index (χ0n) is 11.9. The maximum absolute atomic E-state index is 4.42. The highest BCUT2D eigenvalue weighted by Gasteiger charge is 2.19. The molecule has 1 unspecified atom stereocenters. The second-order valence-corrected chi connectivity index (χ2v) is 10.9. The maximum atomic E-state index is 4.42. The Hall–Kier alpha value is -1.16. The van der Waals surface area contributed by atoms with E-state index in [0.29, 0.717) is 0 Å². The van der Waals surface area contributed by atoms with E-state index in [-0.39, 0.29) is 17.2 Å². The summed E-state index contributed by atoms with van der Waals surface area (Å²) in [6.45, 7) is 8.56. The number of fused-ring (bicyclic) bond motifs is 1. The summed E-state index contributed by atoms with van der Waals surface area (Å²) in [7, 11) is -0.119. The summed E-state index contributed by atoms with van der Waals surface area (Å²) in [5.74, 6) is 4.40. The topological polar surface area (TPSA) is 4.36 Å². The smallest absolute Gasteiger partial charge is 0.130 e. The average Bonchev–Trinajstić information content (AvgIpc) is 2.38. The molecule has 0 aliphatic heterocycles. The molecule has 0 amide bonds. The van der Waals surface area contributed by atoms with Crippen molar-refractivity contribution in [1.82, 2.24) is 0 Å². The number of benzene rings is 2. The van der Waals surface area contributed by atoms with Gasteiger partial charge in [-0.25, -0.2) is 0 Å². The van der Waals surface area contributed by atoms with Crippen LogP contribution in [0.3, 0.4) is 0 Å². The van der Waals surface area contributed by atoms with Crippen LogP contribution in [0.2, 0.25) is 0 Å². The molecule has 1 nitrogen and oxygen atoms in total. The van der Waals surface area contributed by atoms with Gasteiger partial charge in [-0.15, -0.1) is 10.1 Å². The molecule has 2 rings (SSSR count). The first-order valence-electron chi connectivity index (χ1n) is 6.17. The fraction of sp³-hybridized carbons (Fsp3) is 0.250. The molecular formula is C16H19NPS+. The normalized spacial score (nSPS) is 12.3. The molecule has 0 bridgehead atoms. The average molecular weight is 288 g/mol. The number of aryl methyl sites for hydroxylation is 1. The second-order valence-electron chi connectivity index (χ2n) is 4.60. The molecule has 0 saturated heterocycles. The van der Waals surface area contributed by atoms with Crippen LogP contribution in [0.5, 0.6) is 0 Å². The van der Waals surface area contributed by atoms with Crippen LogP contribution in [0.1, 0.15) is 12.5 Å². The molecule has 0 radical (unpaired) electrons. The lowest BCUT2D eigenvalue weighted by atomic mass is 10.1. The van der Waals surface area contributed by atoms with Crippen molar-refractivity contribution in [3.8, 4) is 6.07 Å². The molecule has 2 aromatic carbocycles. The van der Waals surface area contributed by atoms with Crippen molar-refractivity contribution in [3.63, 3.8) is 0 Å². The van der Waals surface area contributed by atoms with Crippen LogP contribution in [0.25, 0.3) is 15.6 Å². The molecular weight excluding hydrogens is 269 g/mol. The monoisotopic (exact) mass is 288 g/mol. The van der Waals surface area contributed by atoms with E-state index in [1.165, 1.54) is 21.2 Å². The number of nitrogens with zero attached hydrogens (tertiary/aromatic N) is 1. The van der Waals surface area contributed by atoms with Crippen LogP contribution in [0.4, 0.5) is 5.69 Å². The first kappa shape index (κ1) is 14.3. The standard InChI is InChI=1S/C16H19NPS/c1-6-17-15-11-10-13-12(2)8-7-9-14(13)16(15)19(5)18(3)4/h7-11H,5H2,1-4H3/q+1. The molecule has 98 valence electrons. The lowest BCUT2D eigenvalue weighted by Gasteiger charge is -2.13. The van der Waals surface area contributed by atoms with Gasteiger partial charge in [-0.05, 0) is 42.1 Å². The SMILES string of the molecule is C=S(c1c([N+]#CC)ccc2c(C)cccc12)P(C)C. The van der Waals surface area contributed by atoms with Gasteiger partial charge in [0.25, 0.3) is 6.07 Å². The van der Waals surface area contributed by atoms with Crippen LogP contribution >= 0.6 is 17.2 Å². The Bertz CT molecular complexity index is 708. The largest absolute Gasteiger partial charge is 0.354 e. The van der Waals surface area contributed by atoms with Crippen molar-refractivity contribution >= 4 is 39.6 Å². The predicted molar refractivity (Wildman–Crippen MR) is 93.0 cm³/mol. The number of hydrogen-bond acceptors (Lipinski definition) is 0. The summed E-state index contributed by atoms with van der Waals surface area (Å²) in [6.07, 6.45) is 0. The summed E-state index contributed by atoms with van der Waals surface area (Å²) in [6, 6.07) is 13.6. The van der Waals surface area contributed by atoms with E-state index in [1.807, 2.05) is 6.92 Å². The van der Waals surface area contributed by atoms with Gasteiger partial charge in [-0.3, -0.25) is 0 Å². The summed E-state index contributed by atoms with van der Waals surface area (Å²) < 4.78 is 0. The van der Waals surface area contributed by atoms with Crippen molar-refractivity contribution in [2.24, 2.45) is 0 Å². The molecule has 0 saturated carbocycles. The van der Waals surface area contributed by atoms with Crippen molar-refractivity contribution in [2.75, 3.05) is 13.3 Å². The van der Waals surface area contributed by atoms with Crippen LogP contribution in [0, 0.1) is 13.0 Å². The lowest BCUT2D eigenvalue weighted by Crippen LogP contribution is -1.83. The minimum absolute atomic E-state index is 0.0000617. The third-order valence-electron chi connectivity index (χ3n) is 3.12. The van der Waals surface area contributed by atoms with Crippen molar-refractivity contribution in [1.29, 1.82) is 0 Å². The third kappa shape index (κ3) is 2.73. The summed E-state index contributed by atoms with van der Waals surface area (Å²) in [5.41, 5.74) is 2.33. The van der Waals surface area contributed by atoms with Gasteiger partial charge in [0.15, 0.2) is 0 Å². The molecule has 0 aliphatic rings. The highest BCUT2D eigenvalue weighted by molar-refractivity contribution is 8.64. The fourth-order valence-corrected chi connectivity index (χ4v) is 4.94. The van der Waals surface area contributed by atoms with E-state index in [9.17, 15) is 0 Å². The van der Waals surface area contributed by atoms with Crippen LogP contribution < -0.4 is 0 Å². The fourth-order valence-electron chi connectivity index (χ4n) is 2.11. The minimum Gasteiger partial charge on any atom is -0.130 e. The van der Waals surface area contributed by atoms with Gasteiger partial charge in [-0.2, -0.15) is 0 Å². The number of rotatable bonds is 2. The Kier molecular flexibility index (Phi) is 4.40. The molecule has 0 heterocycles. The van der Waals surface area contributed by atoms with Gasteiger partial charge in [0, 0.05) is 11.5 Å². The zero-order chi connectivity index (χ0) is 14.0. The van der Waals surface area contributed by atoms with Crippen molar-refractivity contribution in [2.45, 2.75) is 18.7 Å². The van der Waals surface area contributed by atoms with Crippen LogP contribution in [-0.4, -0.2) is 19.2 Å². The van der Waals surface area contributed by atoms with Crippen molar-refractivity contribution < 1.29 is 0 Å². The summed E-state index contributed by atoms with van der Waals surface area (Å²) in [5, 5.41) is 2.61. The molecule has 0 N–H and O–H groups in total. The quantitative estimate of drug-likeness (QED) is 0.482. The van der Waals surface area contributed by atoms with E-state index >= 15 is 0 Å². The third-order valence-corrected chi connectivity index (χ3v) is 8.09.